The van der Waals surface area contributed by atoms with Gasteiger partial charge in [-0.15, -0.1) is 0 Å². The molecule has 0 fully saturated rings. The molecule has 0 saturated carbocycles. The van der Waals surface area contributed by atoms with Gasteiger partial charge in [-0.3, -0.25) is 4.79 Å². The lowest BCUT2D eigenvalue weighted by molar-refractivity contribution is -0.00455. The molecule has 2 atom stereocenters. The van der Waals surface area contributed by atoms with Crippen LogP contribution in [0.4, 0.5) is 0 Å². The monoisotopic (exact) mass is 466 g/mol. The second-order valence-corrected chi connectivity index (χ2v) is 8.39. The smallest absolute Gasteiger partial charge is 0.251 e. The van der Waals surface area contributed by atoms with E-state index >= 15 is 0 Å². The molecule has 0 bridgehead atoms. The van der Waals surface area contributed by atoms with Crippen molar-refractivity contribution < 1.29 is 9.53 Å². The molecule has 0 aliphatic carbocycles. The van der Waals surface area contributed by atoms with E-state index < -0.39 is 6.23 Å². The number of hydrazone groups is 1. The van der Waals surface area contributed by atoms with Crippen molar-refractivity contribution in [2.75, 3.05) is 0 Å². The van der Waals surface area contributed by atoms with Gasteiger partial charge in [0.25, 0.3) is 6.23 Å². The summed E-state index contributed by atoms with van der Waals surface area (Å²) in [7, 11) is 0. The van der Waals surface area contributed by atoms with Crippen molar-refractivity contribution in [1.82, 2.24) is 5.01 Å². The lowest BCUT2D eigenvalue weighted by Crippen LogP contribution is -2.45. The van der Waals surface area contributed by atoms with Crippen LogP contribution in [0.25, 0.3) is 0 Å². The SMILES string of the molecule is O=C(c1ccccc1)[C@H]1Oc2ccc(Cl)cc2[C@H]2CC(c3ccc(Br)cc3)=NN12. The minimum Gasteiger partial charge on any atom is -0.461 e. The van der Waals surface area contributed by atoms with Crippen LogP contribution < -0.4 is 4.74 Å². The largest absolute Gasteiger partial charge is 0.461 e. The molecule has 0 unspecified atom stereocenters. The summed E-state index contributed by atoms with van der Waals surface area (Å²) < 4.78 is 7.13. The van der Waals surface area contributed by atoms with Crippen LogP contribution in [0.5, 0.6) is 5.75 Å². The van der Waals surface area contributed by atoms with Crippen molar-refractivity contribution in [2.24, 2.45) is 5.10 Å². The topological polar surface area (TPSA) is 41.9 Å². The molecule has 3 aromatic rings. The van der Waals surface area contributed by atoms with Gasteiger partial charge < -0.3 is 4.74 Å². The number of ether oxygens (including phenoxy) is 1. The van der Waals surface area contributed by atoms with E-state index in [1.807, 2.05) is 54.6 Å². The Kier molecular flexibility index (Phi) is 4.64. The van der Waals surface area contributed by atoms with Gasteiger partial charge in [0, 0.05) is 27.0 Å². The third-order valence-corrected chi connectivity index (χ3v) is 5.98. The van der Waals surface area contributed by atoms with Gasteiger partial charge in [0.2, 0.25) is 5.78 Å². The van der Waals surface area contributed by atoms with E-state index in [1.54, 1.807) is 23.2 Å². The second-order valence-electron chi connectivity index (χ2n) is 7.04. The molecular formula is C23H16BrClN2O2. The van der Waals surface area contributed by atoms with E-state index in [-0.39, 0.29) is 11.8 Å². The number of fused-ring (bicyclic) bond motifs is 3. The van der Waals surface area contributed by atoms with Crippen LogP contribution in [0.15, 0.2) is 82.4 Å². The van der Waals surface area contributed by atoms with Gasteiger partial charge in [-0.25, -0.2) is 5.01 Å². The molecule has 4 nitrogen and oxygen atoms in total. The number of halogens is 2. The highest BCUT2D eigenvalue weighted by Gasteiger charge is 2.43. The Balaban J connectivity index is 1.58. The Morgan fingerprint density at radius 3 is 2.59 bits per heavy atom. The third kappa shape index (κ3) is 3.34. The zero-order valence-electron chi connectivity index (χ0n) is 15.3. The van der Waals surface area contributed by atoms with Crippen LogP contribution in [0, 0.1) is 0 Å². The first-order valence-corrected chi connectivity index (χ1v) is 10.4. The number of rotatable bonds is 3. The summed E-state index contributed by atoms with van der Waals surface area (Å²) in [6, 6.07) is 22.6. The van der Waals surface area contributed by atoms with Gasteiger partial charge in [0.05, 0.1) is 11.8 Å². The van der Waals surface area contributed by atoms with Crippen molar-refractivity contribution in [3.8, 4) is 5.75 Å². The molecule has 5 rings (SSSR count). The average molecular weight is 468 g/mol. The molecule has 0 N–H and O–H groups in total. The number of carbonyl (C=O) groups is 1. The lowest BCUT2D eigenvalue weighted by Gasteiger charge is -2.37. The summed E-state index contributed by atoms with van der Waals surface area (Å²) in [5, 5.41) is 7.23. The summed E-state index contributed by atoms with van der Waals surface area (Å²) in [4.78, 5) is 13.2. The number of benzene rings is 3. The maximum atomic E-state index is 13.2. The molecule has 0 aromatic heterocycles. The fourth-order valence-corrected chi connectivity index (χ4v) is 4.24. The Bertz CT molecular complexity index is 1120. The number of carbonyl (C=O) groups excluding carboxylic acids is 1. The van der Waals surface area contributed by atoms with Crippen molar-refractivity contribution in [1.29, 1.82) is 0 Å². The molecule has 6 heteroatoms. The van der Waals surface area contributed by atoms with E-state index in [2.05, 4.69) is 15.9 Å². The molecule has 3 aromatic carbocycles. The number of Topliss-reactive ketones (excluding diaryl/α,β-unsaturated/α-hetero) is 1. The molecule has 0 saturated heterocycles. The minimum atomic E-state index is -0.816. The molecule has 0 radical (unpaired) electrons. The number of hydrogen-bond donors (Lipinski definition) is 0. The number of nitrogens with zero attached hydrogens (tertiary/aromatic N) is 2. The molecule has 0 amide bonds. The fourth-order valence-electron chi connectivity index (χ4n) is 3.79. The van der Waals surface area contributed by atoms with E-state index in [1.165, 1.54) is 0 Å². The average Bonchev–Trinajstić information content (AvgIpc) is 3.20. The minimum absolute atomic E-state index is 0.103. The molecule has 2 heterocycles. The van der Waals surface area contributed by atoms with E-state index in [9.17, 15) is 4.79 Å². The molecule has 144 valence electrons. The Labute approximate surface area is 181 Å². The van der Waals surface area contributed by atoms with Crippen molar-refractivity contribution in [3.63, 3.8) is 0 Å². The van der Waals surface area contributed by atoms with Gasteiger partial charge in [-0.05, 0) is 35.9 Å². The van der Waals surface area contributed by atoms with Crippen LogP contribution in [-0.2, 0) is 0 Å². The van der Waals surface area contributed by atoms with Crippen LogP contribution in [-0.4, -0.2) is 22.7 Å². The van der Waals surface area contributed by atoms with E-state index in [0.29, 0.717) is 22.8 Å². The van der Waals surface area contributed by atoms with Crippen molar-refractivity contribution in [2.45, 2.75) is 18.7 Å². The Hall–Kier alpha value is -2.63. The molecular weight excluding hydrogens is 452 g/mol. The van der Waals surface area contributed by atoms with E-state index in [0.717, 1.165) is 21.3 Å². The summed E-state index contributed by atoms with van der Waals surface area (Å²) in [5.41, 5.74) is 3.49. The van der Waals surface area contributed by atoms with Gasteiger partial charge >= 0.3 is 0 Å². The van der Waals surface area contributed by atoms with Crippen LogP contribution in [0.3, 0.4) is 0 Å². The second kappa shape index (κ2) is 7.32. The first-order chi connectivity index (χ1) is 14.1. The standard InChI is InChI=1S/C23H16BrClN2O2/c24-16-8-6-14(7-9-16)19-13-20-18-12-17(25)10-11-21(18)29-23(27(20)26-19)22(28)15-4-2-1-3-5-15/h1-12,20,23H,13H2/t20-,23-/m1/s1. The summed E-state index contributed by atoms with van der Waals surface area (Å²) in [6.45, 7) is 0. The highest BCUT2D eigenvalue weighted by Crippen LogP contribution is 2.44. The molecule has 0 spiro atoms. The van der Waals surface area contributed by atoms with Crippen LogP contribution in [0.2, 0.25) is 5.02 Å². The first kappa shape index (κ1) is 18.4. The number of ketones is 1. The fraction of sp³-hybridized carbons (Fsp3) is 0.130. The molecule has 29 heavy (non-hydrogen) atoms. The third-order valence-electron chi connectivity index (χ3n) is 5.21. The summed E-state index contributed by atoms with van der Waals surface area (Å²) in [6.07, 6.45) is -0.138. The maximum absolute atomic E-state index is 13.2. The van der Waals surface area contributed by atoms with Gasteiger partial charge in [0.15, 0.2) is 0 Å². The van der Waals surface area contributed by atoms with Crippen molar-refractivity contribution >= 4 is 39.0 Å². The highest BCUT2D eigenvalue weighted by molar-refractivity contribution is 9.10. The predicted molar refractivity (Wildman–Crippen MR) is 117 cm³/mol. The van der Waals surface area contributed by atoms with E-state index in [4.69, 9.17) is 21.4 Å². The zero-order chi connectivity index (χ0) is 20.0. The maximum Gasteiger partial charge on any atom is 0.251 e. The zero-order valence-corrected chi connectivity index (χ0v) is 17.6. The van der Waals surface area contributed by atoms with Gasteiger partial charge in [-0.2, -0.15) is 5.10 Å². The first-order valence-electron chi connectivity index (χ1n) is 9.27. The molecule has 2 aliphatic heterocycles. The normalized spacial score (nSPS) is 19.8. The van der Waals surface area contributed by atoms with Gasteiger partial charge in [0.1, 0.15) is 5.75 Å². The van der Waals surface area contributed by atoms with Crippen LogP contribution in [0.1, 0.15) is 33.9 Å². The quantitative estimate of drug-likeness (QED) is 0.453. The predicted octanol–water partition coefficient (Wildman–Crippen LogP) is 5.86. The Morgan fingerprint density at radius 1 is 1.07 bits per heavy atom. The Morgan fingerprint density at radius 2 is 1.83 bits per heavy atom. The summed E-state index contributed by atoms with van der Waals surface area (Å²) >= 11 is 9.72. The van der Waals surface area contributed by atoms with Crippen LogP contribution >= 0.6 is 27.5 Å². The highest BCUT2D eigenvalue weighted by atomic mass is 79.9. The van der Waals surface area contributed by atoms with Gasteiger partial charge in [-0.1, -0.05) is 70.0 Å². The molecule has 2 aliphatic rings. The number of hydrogen-bond acceptors (Lipinski definition) is 4. The summed E-state index contributed by atoms with van der Waals surface area (Å²) in [5.74, 6) is 0.564. The lowest BCUT2D eigenvalue weighted by atomic mass is 9.96. The van der Waals surface area contributed by atoms with Crippen molar-refractivity contribution in [3.05, 3.63) is 99.0 Å².